The standard InChI is InChI=1S/C3H7NO3.C2H7NO/c4-2(1-5)3(6)7;3-1-2-4/h2,5H,1,4H2,(H,6,7);4H,1-3H2/t2-;/m0./s1. The van der Waals surface area contributed by atoms with Crippen molar-refractivity contribution in [1.29, 1.82) is 0 Å². The Morgan fingerprint density at radius 2 is 1.82 bits per heavy atom. The summed E-state index contributed by atoms with van der Waals surface area (Å²) in [6, 6.07) is -1.13. The van der Waals surface area contributed by atoms with E-state index in [0.717, 1.165) is 0 Å². The van der Waals surface area contributed by atoms with Gasteiger partial charge in [0.2, 0.25) is 0 Å². The van der Waals surface area contributed by atoms with Gasteiger partial charge in [-0.15, -0.1) is 0 Å². The van der Waals surface area contributed by atoms with E-state index in [0.29, 0.717) is 6.54 Å². The van der Waals surface area contributed by atoms with Crippen molar-refractivity contribution in [3.63, 3.8) is 0 Å². The molecule has 68 valence electrons. The van der Waals surface area contributed by atoms with Crippen molar-refractivity contribution in [2.75, 3.05) is 19.8 Å². The molecule has 0 radical (unpaired) electrons. The molecule has 7 N–H and O–H groups in total. The van der Waals surface area contributed by atoms with Gasteiger partial charge in [0.05, 0.1) is 13.2 Å². The number of carboxylic acid groups (broad SMARTS) is 1. The van der Waals surface area contributed by atoms with E-state index in [-0.39, 0.29) is 6.61 Å². The number of aliphatic hydroxyl groups is 2. The Bertz CT molecular complexity index is 96.5. The number of aliphatic carboxylic acids is 1. The lowest BCUT2D eigenvalue weighted by atomic mass is 10.3. The van der Waals surface area contributed by atoms with Gasteiger partial charge in [-0.1, -0.05) is 0 Å². The lowest BCUT2D eigenvalue weighted by molar-refractivity contribution is -0.139. The normalized spacial score (nSPS) is 11.3. The fourth-order valence-electron chi connectivity index (χ4n) is 0.0781. The molecule has 6 heteroatoms. The lowest BCUT2D eigenvalue weighted by Gasteiger charge is -1.96. The molecule has 6 nitrogen and oxygen atoms in total. The van der Waals surface area contributed by atoms with Gasteiger partial charge in [-0.25, -0.2) is 0 Å². The van der Waals surface area contributed by atoms with Crippen LogP contribution in [0.25, 0.3) is 0 Å². The van der Waals surface area contributed by atoms with Gasteiger partial charge in [0.15, 0.2) is 0 Å². The number of carbonyl (C=O) groups is 1. The van der Waals surface area contributed by atoms with Crippen LogP contribution in [-0.4, -0.2) is 47.1 Å². The fraction of sp³-hybridized carbons (Fsp3) is 0.800. The first kappa shape index (κ1) is 12.9. The molecular formula is C5H14N2O4. The van der Waals surface area contributed by atoms with Crippen LogP contribution < -0.4 is 11.5 Å². The minimum atomic E-state index is -1.18. The van der Waals surface area contributed by atoms with Crippen LogP contribution in [0.5, 0.6) is 0 Å². The van der Waals surface area contributed by atoms with E-state index < -0.39 is 18.6 Å². The molecule has 1 atom stereocenters. The predicted octanol–water partition coefficient (Wildman–Crippen LogP) is -2.67. The minimum Gasteiger partial charge on any atom is -0.480 e. The molecule has 0 aliphatic rings. The summed E-state index contributed by atoms with van der Waals surface area (Å²) in [4.78, 5) is 9.65. The minimum absolute atomic E-state index is 0.0972. The molecule has 0 aromatic rings. The number of nitrogens with two attached hydrogens (primary N) is 2. The van der Waals surface area contributed by atoms with E-state index in [2.05, 4.69) is 0 Å². The predicted molar refractivity (Wildman–Crippen MR) is 38.8 cm³/mol. The van der Waals surface area contributed by atoms with Crippen molar-refractivity contribution in [3.8, 4) is 0 Å². The Labute approximate surface area is 64.4 Å². The molecule has 0 heterocycles. The number of rotatable bonds is 3. The summed E-state index contributed by atoms with van der Waals surface area (Å²) in [5.41, 5.74) is 9.54. The largest absolute Gasteiger partial charge is 0.480 e. The summed E-state index contributed by atoms with van der Waals surface area (Å²) >= 11 is 0. The summed E-state index contributed by atoms with van der Waals surface area (Å²) in [5.74, 6) is -1.18. The van der Waals surface area contributed by atoms with Crippen LogP contribution >= 0.6 is 0 Å². The average Bonchev–Trinajstić information content (AvgIpc) is 2.03. The highest BCUT2D eigenvalue weighted by Gasteiger charge is 2.06. The lowest BCUT2D eigenvalue weighted by Crippen LogP contribution is -2.33. The van der Waals surface area contributed by atoms with Gasteiger partial charge in [0.1, 0.15) is 6.04 Å². The molecular weight excluding hydrogens is 152 g/mol. The quantitative estimate of drug-likeness (QED) is 0.311. The van der Waals surface area contributed by atoms with Gasteiger partial charge < -0.3 is 26.8 Å². The Morgan fingerprint density at radius 1 is 1.45 bits per heavy atom. The molecule has 0 amide bonds. The van der Waals surface area contributed by atoms with E-state index in [1.807, 2.05) is 0 Å². The topological polar surface area (TPSA) is 130 Å². The fourth-order valence-corrected chi connectivity index (χ4v) is 0.0781. The molecule has 0 rings (SSSR count). The van der Waals surface area contributed by atoms with Crippen molar-refractivity contribution in [2.24, 2.45) is 11.5 Å². The highest BCUT2D eigenvalue weighted by atomic mass is 16.4. The summed E-state index contributed by atoms with van der Waals surface area (Å²) in [6.07, 6.45) is 0. The average molecular weight is 166 g/mol. The van der Waals surface area contributed by atoms with Crippen LogP contribution in [0.1, 0.15) is 0 Å². The summed E-state index contributed by atoms with van der Waals surface area (Å²) < 4.78 is 0. The van der Waals surface area contributed by atoms with E-state index in [1.54, 1.807) is 0 Å². The van der Waals surface area contributed by atoms with Crippen molar-refractivity contribution in [1.82, 2.24) is 0 Å². The second kappa shape index (κ2) is 9.31. The van der Waals surface area contributed by atoms with Gasteiger partial charge in [0, 0.05) is 6.54 Å². The van der Waals surface area contributed by atoms with Crippen molar-refractivity contribution in [3.05, 3.63) is 0 Å². The van der Waals surface area contributed by atoms with Gasteiger partial charge in [-0.05, 0) is 0 Å². The number of carboxylic acids is 1. The maximum absolute atomic E-state index is 9.65. The van der Waals surface area contributed by atoms with E-state index in [4.69, 9.17) is 26.8 Å². The first-order valence-corrected chi connectivity index (χ1v) is 3.00. The summed E-state index contributed by atoms with van der Waals surface area (Å²) in [7, 11) is 0. The van der Waals surface area contributed by atoms with Crippen LogP contribution in [0.15, 0.2) is 0 Å². The molecule has 0 saturated carbocycles. The first-order valence-electron chi connectivity index (χ1n) is 3.00. The zero-order valence-corrected chi connectivity index (χ0v) is 6.10. The molecule has 0 spiro atoms. The van der Waals surface area contributed by atoms with Gasteiger partial charge in [-0.2, -0.15) is 0 Å². The molecule has 0 aliphatic carbocycles. The Morgan fingerprint density at radius 3 is 1.82 bits per heavy atom. The molecule has 0 bridgehead atoms. The van der Waals surface area contributed by atoms with Gasteiger partial charge >= 0.3 is 5.97 Å². The second-order valence-corrected chi connectivity index (χ2v) is 1.64. The number of hydrogen-bond donors (Lipinski definition) is 5. The first-order chi connectivity index (χ1) is 5.09. The highest BCUT2D eigenvalue weighted by molar-refractivity contribution is 5.73. The number of hydrogen-bond acceptors (Lipinski definition) is 5. The molecule has 0 aliphatic heterocycles. The number of aliphatic hydroxyl groups excluding tert-OH is 2. The van der Waals surface area contributed by atoms with Crippen LogP contribution in [0.4, 0.5) is 0 Å². The SMILES string of the molecule is NCCO.N[C@@H](CO)C(=O)O. The maximum atomic E-state index is 9.65. The molecule has 11 heavy (non-hydrogen) atoms. The summed E-state index contributed by atoms with van der Waals surface area (Å²) in [6.45, 7) is -0.0324. The van der Waals surface area contributed by atoms with E-state index >= 15 is 0 Å². The van der Waals surface area contributed by atoms with Crippen LogP contribution in [0.2, 0.25) is 0 Å². The molecule has 0 unspecified atom stereocenters. The Balaban J connectivity index is 0. The van der Waals surface area contributed by atoms with E-state index in [9.17, 15) is 4.79 Å². The van der Waals surface area contributed by atoms with E-state index in [1.165, 1.54) is 0 Å². The zero-order valence-electron chi connectivity index (χ0n) is 6.10. The Hall–Kier alpha value is -0.690. The van der Waals surface area contributed by atoms with Crippen molar-refractivity contribution in [2.45, 2.75) is 6.04 Å². The van der Waals surface area contributed by atoms with Crippen molar-refractivity contribution < 1.29 is 20.1 Å². The maximum Gasteiger partial charge on any atom is 0.322 e. The van der Waals surface area contributed by atoms with Gasteiger partial charge in [0.25, 0.3) is 0 Å². The van der Waals surface area contributed by atoms with Crippen LogP contribution in [0.3, 0.4) is 0 Å². The molecule has 0 saturated heterocycles. The third-order valence-electron chi connectivity index (χ3n) is 0.643. The monoisotopic (exact) mass is 166 g/mol. The second-order valence-electron chi connectivity index (χ2n) is 1.64. The zero-order chi connectivity index (χ0) is 9.28. The molecule has 0 fully saturated rings. The smallest absolute Gasteiger partial charge is 0.322 e. The summed E-state index contributed by atoms with van der Waals surface area (Å²) in [5, 5.41) is 23.6. The third kappa shape index (κ3) is 12.5. The van der Waals surface area contributed by atoms with Crippen LogP contribution in [0, 0.1) is 0 Å². The molecule has 0 aromatic heterocycles. The van der Waals surface area contributed by atoms with Crippen molar-refractivity contribution >= 4 is 5.97 Å². The third-order valence-corrected chi connectivity index (χ3v) is 0.643. The molecule has 0 aromatic carbocycles. The van der Waals surface area contributed by atoms with Gasteiger partial charge in [-0.3, -0.25) is 4.79 Å². The van der Waals surface area contributed by atoms with Crippen LogP contribution in [-0.2, 0) is 4.79 Å². The Kier molecular flexibility index (Phi) is 11.0. The highest BCUT2D eigenvalue weighted by Crippen LogP contribution is 1.71.